The second-order valence-electron chi connectivity index (χ2n) is 5.60. The molecule has 2 nitrogen and oxygen atoms in total. The Hall–Kier alpha value is -1.80. The van der Waals surface area contributed by atoms with Crippen molar-refractivity contribution in [3.05, 3.63) is 64.7 Å². The van der Waals surface area contributed by atoms with Gasteiger partial charge in [0.2, 0.25) is 0 Å². The molecule has 0 saturated carbocycles. The number of rotatable bonds is 3. The fourth-order valence-electron chi connectivity index (χ4n) is 3.06. The SMILES string of the molecule is CNCc1cc(C)ccc1N1CCc2ccccc2C1. The van der Waals surface area contributed by atoms with Gasteiger partial charge in [-0.25, -0.2) is 0 Å². The van der Waals surface area contributed by atoms with Gasteiger partial charge in [-0.2, -0.15) is 0 Å². The molecule has 0 aliphatic carbocycles. The van der Waals surface area contributed by atoms with Gasteiger partial charge < -0.3 is 10.2 Å². The zero-order valence-electron chi connectivity index (χ0n) is 12.3. The predicted molar refractivity (Wildman–Crippen MR) is 85.1 cm³/mol. The summed E-state index contributed by atoms with van der Waals surface area (Å²) in [5.74, 6) is 0. The molecule has 3 rings (SSSR count). The van der Waals surface area contributed by atoms with Crippen LogP contribution in [0.1, 0.15) is 22.3 Å². The van der Waals surface area contributed by atoms with Crippen molar-refractivity contribution in [1.29, 1.82) is 0 Å². The largest absolute Gasteiger partial charge is 0.367 e. The number of anilines is 1. The summed E-state index contributed by atoms with van der Waals surface area (Å²) in [6.07, 6.45) is 1.14. The second-order valence-corrected chi connectivity index (χ2v) is 5.60. The number of nitrogens with zero attached hydrogens (tertiary/aromatic N) is 1. The zero-order valence-corrected chi connectivity index (χ0v) is 12.3. The summed E-state index contributed by atoms with van der Waals surface area (Å²) in [7, 11) is 2.01. The number of nitrogens with one attached hydrogen (secondary N) is 1. The molecule has 1 aliphatic rings. The molecule has 0 bridgehead atoms. The van der Waals surface area contributed by atoms with Crippen molar-refractivity contribution < 1.29 is 0 Å². The third kappa shape index (κ3) is 2.56. The van der Waals surface area contributed by atoms with Crippen molar-refractivity contribution in [1.82, 2.24) is 5.32 Å². The van der Waals surface area contributed by atoms with Gasteiger partial charge in [-0.3, -0.25) is 0 Å². The average molecular weight is 266 g/mol. The van der Waals surface area contributed by atoms with Gasteiger partial charge in [0.1, 0.15) is 0 Å². The number of benzene rings is 2. The normalized spacial score (nSPS) is 14.2. The third-order valence-corrected chi connectivity index (χ3v) is 4.07. The van der Waals surface area contributed by atoms with Crippen molar-refractivity contribution in [3.8, 4) is 0 Å². The quantitative estimate of drug-likeness (QED) is 0.917. The smallest absolute Gasteiger partial charge is 0.0432 e. The monoisotopic (exact) mass is 266 g/mol. The van der Waals surface area contributed by atoms with Crippen molar-refractivity contribution in [2.24, 2.45) is 0 Å². The van der Waals surface area contributed by atoms with Gasteiger partial charge in [0, 0.05) is 25.3 Å². The van der Waals surface area contributed by atoms with E-state index in [1.165, 1.54) is 27.9 Å². The Balaban J connectivity index is 1.91. The van der Waals surface area contributed by atoms with E-state index in [1.54, 1.807) is 0 Å². The highest BCUT2D eigenvalue weighted by Gasteiger charge is 2.18. The summed E-state index contributed by atoms with van der Waals surface area (Å²) in [5, 5.41) is 3.28. The van der Waals surface area contributed by atoms with Gasteiger partial charge in [0.05, 0.1) is 0 Å². The van der Waals surface area contributed by atoms with Crippen molar-refractivity contribution in [2.45, 2.75) is 26.4 Å². The van der Waals surface area contributed by atoms with Crippen LogP contribution in [0.3, 0.4) is 0 Å². The Labute approximate surface area is 121 Å². The highest BCUT2D eigenvalue weighted by Crippen LogP contribution is 2.28. The minimum atomic E-state index is 0.926. The minimum absolute atomic E-state index is 0.926. The fraction of sp³-hybridized carbons (Fsp3) is 0.333. The lowest BCUT2D eigenvalue weighted by Gasteiger charge is -2.32. The van der Waals surface area contributed by atoms with E-state index in [-0.39, 0.29) is 0 Å². The Bertz CT molecular complexity index is 604. The number of fused-ring (bicyclic) bond motifs is 1. The van der Waals surface area contributed by atoms with E-state index in [2.05, 4.69) is 59.6 Å². The van der Waals surface area contributed by atoms with Crippen molar-refractivity contribution >= 4 is 5.69 Å². The van der Waals surface area contributed by atoms with Crippen LogP contribution in [0.2, 0.25) is 0 Å². The Morgan fingerprint density at radius 3 is 2.70 bits per heavy atom. The van der Waals surface area contributed by atoms with E-state index in [0.29, 0.717) is 0 Å². The lowest BCUT2D eigenvalue weighted by molar-refractivity contribution is 0.719. The second kappa shape index (κ2) is 5.68. The topological polar surface area (TPSA) is 15.3 Å². The molecular weight excluding hydrogens is 244 g/mol. The van der Waals surface area contributed by atoms with Gasteiger partial charge >= 0.3 is 0 Å². The van der Waals surface area contributed by atoms with E-state index in [1.807, 2.05) is 7.05 Å². The number of aryl methyl sites for hydroxylation is 1. The average Bonchev–Trinajstić information content (AvgIpc) is 2.47. The minimum Gasteiger partial charge on any atom is -0.367 e. The van der Waals surface area contributed by atoms with Crippen LogP contribution in [0, 0.1) is 6.92 Å². The van der Waals surface area contributed by atoms with Gasteiger partial charge in [-0.15, -0.1) is 0 Å². The molecule has 2 heteroatoms. The number of hydrogen-bond acceptors (Lipinski definition) is 2. The third-order valence-electron chi connectivity index (χ3n) is 4.07. The summed E-state index contributed by atoms with van der Waals surface area (Å²) >= 11 is 0. The molecule has 0 spiro atoms. The molecule has 1 N–H and O–H groups in total. The summed E-state index contributed by atoms with van der Waals surface area (Å²) in [6, 6.07) is 15.6. The zero-order chi connectivity index (χ0) is 13.9. The van der Waals surface area contributed by atoms with Gasteiger partial charge in [-0.05, 0) is 43.1 Å². The molecule has 0 fully saturated rings. The van der Waals surface area contributed by atoms with Crippen LogP contribution < -0.4 is 10.2 Å². The summed E-state index contributed by atoms with van der Waals surface area (Å²) in [6.45, 7) is 5.22. The van der Waals surface area contributed by atoms with Crippen LogP contribution in [-0.4, -0.2) is 13.6 Å². The molecule has 2 aromatic carbocycles. The van der Waals surface area contributed by atoms with Crippen LogP contribution in [0.25, 0.3) is 0 Å². The van der Waals surface area contributed by atoms with Crippen LogP contribution in [0.5, 0.6) is 0 Å². The summed E-state index contributed by atoms with van der Waals surface area (Å²) in [4.78, 5) is 2.51. The van der Waals surface area contributed by atoms with E-state index in [4.69, 9.17) is 0 Å². The van der Waals surface area contributed by atoms with E-state index >= 15 is 0 Å². The molecule has 104 valence electrons. The van der Waals surface area contributed by atoms with Gasteiger partial charge in [0.15, 0.2) is 0 Å². The van der Waals surface area contributed by atoms with Crippen LogP contribution >= 0.6 is 0 Å². The van der Waals surface area contributed by atoms with Crippen molar-refractivity contribution in [3.63, 3.8) is 0 Å². The van der Waals surface area contributed by atoms with Gasteiger partial charge in [0.25, 0.3) is 0 Å². The fourth-order valence-corrected chi connectivity index (χ4v) is 3.06. The number of hydrogen-bond donors (Lipinski definition) is 1. The lowest BCUT2D eigenvalue weighted by Crippen LogP contribution is -2.31. The Morgan fingerprint density at radius 2 is 1.90 bits per heavy atom. The van der Waals surface area contributed by atoms with E-state index in [0.717, 1.165) is 26.1 Å². The Kier molecular flexibility index (Phi) is 3.75. The van der Waals surface area contributed by atoms with Gasteiger partial charge in [-0.1, -0.05) is 42.0 Å². The maximum Gasteiger partial charge on any atom is 0.0432 e. The Morgan fingerprint density at radius 1 is 1.10 bits per heavy atom. The first-order valence-electron chi connectivity index (χ1n) is 7.34. The first-order valence-corrected chi connectivity index (χ1v) is 7.34. The molecule has 0 atom stereocenters. The standard InChI is InChI=1S/C18H22N2/c1-14-7-8-18(17(11-14)12-19-2)20-10-9-15-5-3-4-6-16(15)13-20/h3-8,11,19H,9-10,12-13H2,1-2H3. The first-order chi connectivity index (χ1) is 9.78. The highest BCUT2D eigenvalue weighted by atomic mass is 15.1. The van der Waals surface area contributed by atoms with Crippen LogP contribution in [0.4, 0.5) is 5.69 Å². The molecule has 0 amide bonds. The molecule has 0 radical (unpaired) electrons. The molecule has 1 heterocycles. The first kappa shape index (κ1) is 13.2. The molecule has 1 aliphatic heterocycles. The lowest BCUT2D eigenvalue weighted by atomic mass is 9.98. The van der Waals surface area contributed by atoms with E-state index in [9.17, 15) is 0 Å². The molecule has 2 aromatic rings. The maximum absolute atomic E-state index is 3.28. The predicted octanol–water partition coefficient (Wildman–Crippen LogP) is 3.28. The molecule has 20 heavy (non-hydrogen) atoms. The van der Waals surface area contributed by atoms with E-state index < -0.39 is 0 Å². The molecule has 0 saturated heterocycles. The molecular formula is C18H22N2. The van der Waals surface area contributed by atoms with Crippen LogP contribution in [-0.2, 0) is 19.5 Å². The van der Waals surface area contributed by atoms with Crippen LogP contribution in [0.15, 0.2) is 42.5 Å². The maximum atomic E-state index is 3.28. The summed E-state index contributed by atoms with van der Waals surface area (Å²) in [5.41, 5.74) is 7.07. The summed E-state index contributed by atoms with van der Waals surface area (Å²) < 4.78 is 0. The highest BCUT2D eigenvalue weighted by molar-refractivity contribution is 5.56. The molecule has 0 aromatic heterocycles. The molecule has 0 unspecified atom stereocenters. The van der Waals surface area contributed by atoms with Crippen molar-refractivity contribution in [2.75, 3.05) is 18.5 Å².